The Kier molecular flexibility index (Phi) is 4.67. The van der Waals surface area contributed by atoms with Crippen LogP contribution in [0.1, 0.15) is 40.0 Å². The molecule has 2 rings (SSSR count). The van der Waals surface area contributed by atoms with E-state index in [0.29, 0.717) is 12.1 Å². The molecule has 1 amide bonds. The van der Waals surface area contributed by atoms with Crippen molar-refractivity contribution in [1.29, 1.82) is 0 Å². The molecule has 0 radical (unpaired) electrons. The summed E-state index contributed by atoms with van der Waals surface area (Å²) in [5.74, 6) is 0. The number of piperidine rings is 1. The van der Waals surface area contributed by atoms with E-state index in [1.165, 1.54) is 6.42 Å². The Hall–Kier alpha value is -0.480. The quantitative estimate of drug-likeness (QED) is 0.728. The second-order valence-electron chi connectivity index (χ2n) is 5.73. The molecule has 1 N–H and O–H groups in total. The molecule has 2 heterocycles. The van der Waals surface area contributed by atoms with E-state index < -0.39 is 5.60 Å². The molecular formula is C12H23ClN2O2. The fourth-order valence-electron chi connectivity index (χ4n) is 2.62. The number of hydrogen-bond acceptors (Lipinski definition) is 3. The van der Waals surface area contributed by atoms with Crippen LogP contribution in [0.3, 0.4) is 0 Å². The highest BCUT2D eigenvalue weighted by Gasteiger charge is 2.38. The molecule has 2 saturated heterocycles. The summed E-state index contributed by atoms with van der Waals surface area (Å²) in [6.07, 6.45) is 3.17. The first kappa shape index (κ1) is 14.6. The molecule has 100 valence electrons. The molecule has 0 saturated carbocycles. The van der Waals surface area contributed by atoms with Crippen LogP contribution < -0.4 is 5.32 Å². The van der Waals surface area contributed by atoms with Crippen molar-refractivity contribution in [1.82, 2.24) is 10.2 Å². The van der Waals surface area contributed by atoms with Crippen molar-refractivity contribution in [2.45, 2.75) is 57.7 Å². The minimum Gasteiger partial charge on any atom is -0.444 e. The van der Waals surface area contributed by atoms with Crippen LogP contribution in [0.25, 0.3) is 0 Å². The van der Waals surface area contributed by atoms with Crippen molar-refractivity contribution < 1.29 is 9.53 Å². The molecule has 0 aromatic rings. The minimum atomic E-state index is -0.393. The van der Waals surface area contributed by atoms with Crippen molar-refractivity contribution in [3.05, 3.63) is 0 Å². The van der Waals surface area contributed by atoms with Crippen LogP contribution in [0, 0.1) is 0 Å². The van der Waals surface area contributed by atoms with Crippen LogP contribution in [0.4, 0.5) is 4.79 Å². The molecule has 5 heteroatoms. The zero-order valence-corrected chi connectivity index (χ0v) is 11.7. The van der Waals surface area contributed by atoms with Gasteiger partial charge in [-0.05, 0) is 46.6 Å². The lowest BCUT2D eigenvalue weighted by Gasteiger charge is -2.38. The van der Waals surface area contributed by atoms with E-state index in [0.717, 1.165) is 25.9 Å². The second kappa shape index (κ2) is 5.44. The highest BCUT2D eigenvalue weighted by molar-refractivity contribution is 5.85. The third kappa shape index (κ3) is 3.49. The van der Waals surface area contributed by atoms with Gasteiger partial charge in [-0.1, -0.05) is 0 Å². The van der Waals surface area contributed by atoms with Gasteiger partial charge in [0.1, 0.15) is 5.60 Å². The van der Waals surface area contributed by atoms with E-state index in [-0.39, 0.29) is 18.5 Å². The number of nitrogens with one attached hydrogen (secondary N) is 1. The van der Waals surface area contributed by atoms with Crippen LogP contribution >= 0.6 is 12.4 Å². The van der Waals surface area contributed by atoms with Gasteiger partial charge in [0.15, 0.2) is 0 Å². The molecule has 0 aliphatic carbocycles. The van der Waals surface area contributed by atoms with Crippen LogP contribution in [-0.4, -0.2) is 41.8 Å². The number of carbonyl (C=O) groups excluding carboxylic acids is 1. The highest BCUT2D eigenvalue weighted by Crippen LogP contribution is 2.25. The summed E-state index contributed by atoms with van der Waals surface area (Å²) in [4.78, 5) is 13.9. The first-order chi connectivity index (χ1) is 7.47. The lowest BCUT2D eigenvalue weighted by atomic mass is 9.98. The Morgan fingerprint density at radius 1 is 1.35 bits per heavy atom. The third-order valence-electron chi connectivity index (χ3n) is 3.25. The largest absolute Gasteiger partial charge is 0.444 e. The first-order valence-electron chi connectivity index (χ1n) is 6.20. The summed E-state index contributed by atoms with van der Waals surface area (Å²) in [5.41, 5.74) is -0.393. The Balaban J connectivity index is 0.00000144. The molecule has 0 aromatic heterocycles. The van der Waals surface area contributed by atoms with Crippen molar-refractivity contribution >= 4 is 18.5 Å². The van der Waals surface area contributed by atoms with Crippen molar-refractivity contribution in [2.24, 2.45) is 0 Å². The molecule has 0 spiro atoms. The number of hydrogen-bond donors (Lipinski definition) is 1. The molecule has 2 atom stereocenters. The van der Waals surface area contributed by atoms with Gasteiger partial charge in [-0.3, -0.25) is 0 Å². The summed E-state index contributed by atoms with van der Waals surface area (Å²) in [5, 5.41) is 3.46. The number of carbonyl (C=O) groups is 1. The van der Waals surface area contributed by atoms with Crippen molar-refractivity contribution in [2.75, 3.05) is 13.1 Å². The van der Waals surface area contributed by atoms with Crippen LogP contribution in [0.5, 0.6) is 0 Å². The molecule has 4 nitrogen and oxygen atoms in total. The molecular weight excluding hydrogens is 240 g/mol. The molecule has 2 unspecified atom stereocenters. The SMILES string of the molecule is CC(C)(C)OC(=O)N1CCCC2NCCC21.Cl. The predicted molar refractivity (Wildman–Crippen MR) is 69.6 cm³/mol. The Labute approximate surface area is 109 Å². The van der Waals surface area contributed by atoms with E-state index in [4.69, 9.17) is 4.74 Å². The lowest BCUT2D eigenvalue weighted by Crippen LogP contribution is -2.52. The smallest absolute Gasteiger partial charge is 0.410 e. The summed E-state index contributed by atoms with van der Waals surface area (Å²) in [6, 6.07) is 0.838. The van der Waals surface area contributed by atoms with E-state index >= 15 is 0 Å². The van der Waals surface area contributed by atoms with Crippen molar-refractivity contribution in [3.63, 3.8) is 0 Å². The Bertz CT molecular complexity index is 278. The topological polar surface area (TPSA) is 41.6 Å². The standard InChI is InChI=1S/C12H22N2O2.ClH/c1-12(2,3)16-11(15)14-8-4-5-9-10(14)6-7-13-9;/h9-10,13H,4-8H2,1-3H3;1H. The number of rotatable bonds is 0. The van der Waals surface area contributed by atoms with Gasteiger partial charge in [-0.15, -0.1) is 12.4 Å². The van der Waals surface area contributed by atoms with E-state index in [1.54, 1.807) is 0 Å². The molecule has 2 fully saturated rings. The fraction of sp³-hybridized carbons (Fsp3) is 0.917. The number of fused-ring (bicyclic) bond motifs is 1. The fourth-order valence-corrected chi connectivity index (χ4v) is 2.62. The zero-order chi connectivity index (χ0) is 11.8. The molecule has 2 aliphatic rings. The van der Waals surface area contributed by atoms with Gasteiger partial charge in [0.25, 0.3) is 0 Å². The monoisotopic (exact) mass is 262 g/mol. The predicted octanol–water partition coefficient (Wildman–Crippen LogP) is 2.17. The summed E-state index contributed by atoms with van der Waals surface area (Å²) in [6.45, 7) is 7.62. The van der Waals surface area contributed by atoms with Crippen molar-refractivity contribution in [3.8, 4) is 0 Å². The van der Waals surface area contributed by atoms with Gasteiger partial charge in [0.2, 0.25) is 0 Å². The van der Waals surface area contributed by atoms with E-state index in [2.05, 4.69) is 5.32 Å². The summed E-state index contributed by atoms with van der Waals surface area (Å²) in [7, 11) is 0. The first-order valence-corrected chi connectivity index (χ1v) is 6.20. The van der Waals surface area contributed by atoms with E-state index in [9.17, 15) is 4.79 Å². The normalized spacial score (nSPS) is 28.3. The van der Waals surface area contributed by atoms with Gasteiger partial charge in [0, 0.05) is 12.6 Å². The Morgan fingerprint density at radius 2 is 2.06 bits per heavy atom. The van der Waals surface area contributed by atoms with Gasteiger partial charge in [-0.25, -0.2) is 4.79 Å². The number of ether oxygens (including phenoxy) is 1. The Morgan fingerprint density at radius 3 is 2.71 bits per heavy atom. The van der Waals surface area contributed by atoms with Gasteiger partial charge >= 0.3 is 6.09 Å². The van der Waals surface area contributed by atoms with Gasteiger partial charge in [-0.2, -0.15) is 0 Å². The average molecular weight is 263 g/mol. The van der Waals surface area contributed by atoms with Crippen LogP contribution in [0.15, 0.2) is 0 Å². The zero-order valence-electron chi connectivity index (χ0n) is 10.9. The van der Waals surface area contributed by atoms with Crippen LogP contribution in [-0.2, 0) is 4.74 Å². The maximum absolute atomic E-state index is 12.0. The molecule has 17 heavy (non-hydrogen) atoms. The number of nitrogens with zero attached hydrogens (tertiary/aromatic N) is 1. The van der Waals surface area contributed by atoms with Gasteiger partial charge in [0.05, 0.1) is 6.04 Å². The van der Waals surface area contributed by atoms with Gasteiger partial charge < -0.3 is 15.0 Å². The summed E-state index contributed by atoms with van der Waals surface area (Å²) < 4.78 is 5.44. The number of likely N-dealkylation sites (tertiary alicyclic amines) is 1. The molecule has 0 bridgehead atoms. The minimum absolute atomic E-state index is 0. The second-order valence-corrected chi connectivity index (χ2v) is 5.73. The van der Waals surface area contributed by atoms with E-state index in [1.807, 2.05) is 25.7 Å². The molecule has 0 aromatic carbocycles. The molecule has 2 aliphatic heterocycles. The average Bonchev–Trinajstić information content (AvgIpc) is 2.61. The highest BCUT2D eigenvalue weighted by atomic mass is 35.5. The maximum Gasteiger partial charge on any atom is 0.410 e. The van der Waals surface area contributed by atoms with Crippen LogP contribution in [0.2, 0.25) is 0 Å². The lowest BCUT2D eigenvalue weighted by molar-refractivity contribution is 0.00884. The summed E-state index contributed by atoms with van der Waals surface area (Å²) >= 11 is 0. The maximum atomic E-state index is 12.0. The third-order valence-corrected chi connectivity index (χ3v) is 3.25. The number of halogens is 1. The number of amides is 1.